The first kappa shape index (κ1) is 27.4. The number of ether oxygens (including phenoxy) is 3. The summed E-state index contributed by atoms with van der Waals surface area (Å²) in [5.74, 6) is 2.76. The molecule has 6 nitrogen and oxygen atoms in total. The summed E-state index contributed by atoms with van der Waals surface area (Å²) >= 11 is 0. The number of esters is 2. The first-order valence-corrected chi connectivity index (χ1v) is 15.1. The van der Waals surface area contributed by atoms with Crippen molar-refractivity contribution in [2.45, 2.75) is 117 Å². The molecule has 6 heteroatoms. The highest BCUT2D eigenvalue weighted by molar-refractivity contribution is 5.66. The molecule has 5 fully saturated rings. The van der Waals surface area contributed by atoms with E-state index in [4.69, 9.17) is 14.2 Å². The fraction of sp³-hybridized carbons (Fsp3) is 0.935. The smallest absolute Gasteiger partial charge is 0.302 e. The molecular formula is C31H50O6. The van der Waals surface area contributed by atoms with Gasteiger partial charge in [0.25, 0.3) is 0 Å². The molecule has 5 aliphatic rings. The van der Waals surface area contributed by atoms with Crippen LogP contribution in [0.1, 0.15) is 98.8 Å². The molecule has 1 aliphatic heterocycles. The van der Waals surface area contributed by atoms with Crippen LogP contribution in [-0.2, 0) is 23.8 Å². The summed E-state index contributed by atoms with van der Waals surface area (Å²) in [6.45, 7) is 12.1. The highest BCUT2D eigenvalue weighted by Gasteiger charge is 2.66. The number of carbonyl (C=O) groups excluding carboxylic acids is 2. The molecule has 0 aromatic rings. The zero-order chi connectivity index (χ0) is 26.5. The van der Waals surface area contributed by atoms with Crippen LogP contribution in [0.15, 0.2) is 0 Å². The SMILES string of the molecule is CC(=O)O[C@@H]1CC[C@@]2(C)[C@H](C1)C[C@@H](OC(C)=O)[C@H]1[C@@H]2C[C@H](O)[C@]2(C)[C@@H]([C@H](C)CCCC3COC3)CC[C@@H]12. The average molecular weight is 519 g/mol. The van der Waals surface area contributed by atoms with E-state index in [1.807, 2.05) is 0 Å². The van der Waals surface area contributed by atoms with Gasteiger partial charge in [0.15, 0.2) is 0 Å². The van der Waals surface area contributed by atoms with E-state index < -0.39 is 0 Å². The summed E-state index contributed by atoms with van der Waals surface area (Å²) < 4.78 is 17.1. The molecule has 0 unspecified atom stereocenters. The van der Waals surface area contributed by atoms with E-state index >= 15 is 0 Å². The summed E-state index contributed by atoms with van der Waals surface area (Å²) in [7, 11) is 0. The van der Waals surface area contributed by atoms with Crippen molar-refractivity contribution in [1.29, 1.82) is 0 Å². The Morgan fingerprint density at radius 1 is 1.00 bits per heavy atom. The lowest BCUT2D eigenvalue weighted by molar-refractivity contribution is -0.218. The number of fused-ring (bicyclic) bond motifs is 5. The molecule has 4 saturated carbocycles. The maximum atomic E-state index is 12.3. The molecule has 0 radical (unpaired) electrons. The van der Waals surface area contributed by atoms with E-state index in [-0.39, 0.29) is 41.1 Å². The summed E-state index contributed by atoms with van der Waals surface area (Å²) in [5, 5.41) is 11.9. The third kappa shape index (κ3) is 4.88. The van der Waals surface area contributed by atoms with Crippen LogP contribution in [0, 0.1) is 52.3 Å². The summed E-state index contributed by atoms with van der Waals surface area (Å²) in [4.78, 5) is 24.0. The lowest BCUT2D eigenvalue weighted by atomic mass is 9.43. The third-order valence-corrected chi connectivity index (χ3v) is 12.1. The predicted octanol–water partition coefficient (Wildman–Crippen LogP) is 5.54. The fourth-order valence-corrected chi connectivity index (χ4v) is 10.1. The Morgan fingerprint density at radius 2 is 1.73 bits per heavy atom. The molecule has 37 heavy (non-hydrogen) atoms. The molecular weight excluding hydrogens is 468 g/mol. The fourth-order valence-electron chi connectivity index (χ4n) is 10.1. The molecule has 0 aromatic carbocycles. The lowest BCUT2D eigenvalue weighted by Crippen LogP contribution is -2.63. The van der Waals surface area contributed by atoms with Gasteiger partial charge in [-0.1, -0.05) is 33.6 Å². The van der Waals surface area contributed by atoms with E-state index in [0.29, 0.717) is 35.5 Å². The Bertz CT molecular complexity index is 855. The van der Waals surface area contributed by atoms with Gasteiger partial charge < -0.3 is 19.3 Å². The average Bonchev–Trinajstić information content (AvgIpc) is 3.15. The number of rotatable bonds is 7. The van der Waals surface area contributed by atoms with Crippen molar-refractivity contribution >= 4 is 11.9 Å². The number of hydrogen-bond donors (Lipinski definition) is 1. The van der Waals surface area contributed by atoms with Gasteiger partial charge in [0.05, 0.1) is 19.3 Å². The van der Waals surface area contributed by atoms with Gasteiger partial charge in [0, 0.05) is 25.7 Å². The van der Waals surface area contributed by atoms with Crippen molar-refractivity contribution in [2.24, 2.45) is 52.3 Å². The van der Waals surface area contributed by atoms with E-state index in [2.05, 4.69) is 20.8 Å². The Labute approximate surface area is 223 Å². The Kier molecular flexibility index (Phi) is 7.74. The summed E-state index contributed by atoms with van der Waals surface area (Å²) in [6.07, 6.45) is 9.89. The second-order valence-corrected chi connectivity index (χ2v) is 14.0. The standard InChI is InChI=1S/C31H50O6/c1-18(7-6-8-21-16-35-17-21)24-9-10-25-29-26(15-28(34)31(24,25)5)30(4)12-11-23(36-19(2)32)13-22(30)14-27(29)37-20(3)33/h18,21-29,34H,6-17H2,1-5H3/t18-,22-,23-,24-,25+,26+,27-,28+,29-,30+,31-/m1/s1. The van der Waals surface area contributed by atoms with Crippen LogP contribution >= 0.6 is 0 Å². The highest BCUT2D eigenvalue weighted by atomic mass is 16.5. The monoisotopic (exact) mass is 518 g/mol. The van der Waals surface area contributed by atoms with E-state index in [1.165, 1.54) is 33.1 Å². The highest BCUT2D eigenvalue weighted by Crippen LogP contribution is 2.68. The van der Waals surface area contributed by atoms with Gasteiger partial charge in [-0.25, -0.2) is 0 Å². The van der Waals surface area contributed by atoms with Crippen LogP contribution in [0.3, 0.4) is 0 Å². The van der Waals surface area contributed by atoms with Crippen LogP contribution in [-0.4, -0.2) is 48.6 Å². The van der Waals surface area contributed by atoms with Crippen LogP contribution in [0.4, 0.5) is 0 Å². The van der Waals surface area contributed by atoms with Crippen LogP contribution in [0.5, 0.6) is 0 Å². The van der Waals surface area contributed by atoms with Gasteiger partial charge in [-0.3, -0.25) is 9.59 Å². The van der Waals surface area contributed by atoms with Crippen LogP contribution in [0.25, 0.3) is 0 Å². The Balaban J connectivity index is 1.37. The molecule has 1 N–H and O–H groups in total. The number of hydrogen-bond acceptors (Lipinski definition) is 6. The van der Waals surface area contributed by atoms with E-state index in [1.54, 1.807) is 0 Å². The predicted molar refractivity (Wildman–Crippen MR) is 140 cm³/mol. The zero-order valence-corrected chi connectivity index (χ0v) is 23.7. The molecule has 0 spiro atoms. The van der Waals surface area contributed by atoms with Crippen molar-refractivity contribution < 1.29 is 28.9 Å². The van der Waals surface area contributed by atoms with E-state index in [0.717, 1.165) is 64.1 Å². The molecule has 4 aliphatic carbocycles. The largest absolute Gasteiger partial charge is 0.463 e. The van der Waals surface area contributed by atoms with Crippen LogP contribution < -0.4 is 0 Å². The molecule has 1 saturated heterocycles. The van der Waals surface area contributed by atoms with Crippen molar-refractivity contribution in [3.8, 4) is 0 Å². The minimum atomic E-state index is -0.325. The van der Waals surface area contributed by atoms with Crippen LogP contribution in [0.2, 0.25) is 0 Å². The Morgan fingerprint density at radius 3 is 2.38 bits per heavy atom. The molecule has 1 heterocycles. The minimum Gasteiger partial charge on any atom is -0.463 e. The third-order valence-electron chi connectivity index (χ3n) is 12.1. The minimum absolute atomic E-state index is 0.0490. The van der Waals surface area contributed by atoms with Crippen molar-refractivity contribution in [1.82, 2.24) is 0 Å². The van der Waals surface area contributed by atoms with Gasteiger partial charge in [-0.15, -0.1) is 0 Å². The quantitative estimate of drug-likeness (QED) is 0.446. The summed E-state index contributed by atoms with van der Waals surface area (Å²) in [6, 6.07) is 0. The molecule has 210 valence electrons. The molecule has 0 amide bonds. The topological polar surface area (TPSA) is 82.1 Å². The summed E-state index contributed by atoms with van der Waals surface area (Å²) in [5.41, 5.74) is -0.0501. The van der Waals surface area contributed by atoms with Gasteiger partial charge in [-0.05, 0) is 91.8 Å². The van der Waals surface area contributed by atoms with Crippen molar-refractivity contribution in [3.63, 3.8) is 0 Å². The molecule has 0 aromatic heterocycles. The Hall–Kier alpha value is -1.14. The number of aliphatic hydroxyl groups excluding tert-OH is 1. The van der Waals surface area contributed by atoms with Gasteiger partial charge in [-0.2, -0.15) is 0 Å². The van der Waals surface area contributed by atoms with Crippen molar-refractivity contribution in [2.75, 3.05) is 13.2 Å². The van der Waals surface area contributed by atoms with E-state index in [9.17, 15) is 14.7 Å². The first-order chi connectivity index (χ1) is 17.5. The second kappa shape index (κ2) is 10.4. The lowest BCUT2D eigenvalue weighted by Gasteiger charge is -2.64. The normalized spacial score (nSPS) is 46.1. The van der Waals surface area contributed by atoms with Gasteiger partial charge in [0.2, 0.25) is 0 Å². The zero-order valence-electron chi connectivity index (χ0n) is 23.7. The first-order valence-electron chi connectivity index (χ1n) is 15.1. The number of carbonyl (C=O) groups is 2. The number of aliphatic hydroxyl groups is 1. The second-order valence-electron chi connectivity index (χ2n) is 14.0. The van der Waals surface area contributed by atoms with Gasteiger partial charge >= 0.3 is 11.9 Å². The maximum absolute atomic E-state index is 12.3. The van der Waals surface area contributed by atoms with Gasteiger partial charge in [0.1, 0.15) is 12.2 Å². The molecule has 5 rings (SSSR count). The van der Waals surface area contributed by atoms with Crippen molar-refractivity contribution in [3.05, 3.63) is 0 Å². The molecule has 11 atom stereocenters. The maximum Gasteiger partial charge on any atom is 0.302 e. The molecule has 0 bridgehead atoms.